The van der Waals surface area contributed by atoms with Gasteiger partial charge < -0.3 is 9.84 Å². The predicted octanol–water partition coefficient (Wildman–Crippen LogP) is 2.60. The average Bonchev–Trinajstić information content (AvgIpc) is 3.00. The highest BCUT2D eigenvalue weighted by Crippen LogP contribution is 2.57. The van der Waals surface area contributed by atoms with Crippen LogP contribution in [0.2, 0.25) is 0 Å². The van der Waals surface area contributed by atoms with Crippen LogP contribution in [0.4, 0.5) is 0 Å². The Morgan fingerprint density at radius 1 is 1.26 bits per heavy atom. The molecule has 0 radical (unpaired) electrons. The molecule has 3 rings (SSSR count). The number of ether oxygens (including phenoxy) is 1. The summed E-state index contributed by atoms with van der Waals surface area (Å²) in [5, 5.41) is 9.20. The Hall–Kier alpha value is -1.35. The van der Waals surface area contributed by atoms with E-state index in [4.69, 9.17) is 4.74 Å². The Labute approximate surface area is 113 Å². The Balaban J connectivity index is 2.02. The van der Waals surface area contributed by atoms with Gasteiger partial charge in [-0.3, -0.25) is 4.79 Å². The number of aliphatic carboxylic acids is 1. The number of carbonyl (C=O) groups is 1. The van der Waals surface area contributed by atoms with Crippen molar-refractivity contribution in [2.24, 2.45) is 11.8 Å². The van der Waals surface area contributed by atoms with Crippen LogP contribution in [0.15, 0.2) is 12.1 Å². The van der Waals surface area contributed by atoms with E-state index in [9.17, 15) is 9.90 Å². The van der Waals surface area contributed by atoms with Gasteiger partial charge in [0.1, 0.15) is 0 Å². The van der Waals surface area contributed by atoms with E-state index in [2.05, 4.69) is 32.9 Å². The van der Waals surface area contributed by atoms with E-state index in [1.165, 1.54) is 22.3 Å². The summed E-state index contributed by atoms with van der Waals surface area (Å²) < 4.78 is 5.47. The molecule has 0 amide bonds. The lowest BCUT2D eigenvalue weighted by atomic mass is 9.70. The molecule has 1 aromatic rings. The molecule has 1 aliphatic carbocycles. The van der Waals surface area contributed by atoms with Crippen LogP contribution in [0.1, 0.15) is 28.7 Å². The minimum absolute atomic E-state index is 0.0507. The fraction of sp³-hybridized carbons (Fsp3) is 0.562. The number of benzene rings is 1. The van der Waals surface area contributed by atoms with Gasteiger partial charge in [0.25, 0.3) is 0 Å². The molecule has 0 bridgehead atoms. The standard InChI is InChI=1S/C16H20O3/c1-9-4-10(2)14(11(3)5-9)16(7-19-8-16)13-6-12(13)15(17)18/h4-5,12-13H,6-8H2,1-3H3,(H,17,18). The molecule has 1 saturated carbocycles. The molecule has 2 fully saturated rings. The van der Waals surface area contributed by atoms with E-state index in [-0.39, 0.29) is 17.3 Å². The lowest BCUT2D eigenvalue weighted by molar-refractivity contribution is -0.140. The fourth-order valence-electron chi connectivity index (χ4n) is 3.91. The van der Waals surface area contributed by atoms with Crippen molar-refractivity contribution in [3.05, 3.63) is 34.4 Å². The number of hydrogen-bond acceptors (Lipinski definition) is 2. The molecule has 1 aromatic carbocycles. The third-order valence-corrected chi connectivity index (χ3v) is 4.71. The van der Waals surface area contributed by atoms with E-state index < -0.39 is 5.97 Å². The Morgan fingerprint density at radius 2 is 1.84 bits per heavy atom. The summed E-state index contributed by atoms with van der Waals surface area (Å²) in [6.45, 7) is 7.71. The van der Waals surface area contributed by atoms with Crippen LogP contribution in [0.3, 0.4) is 0 Å². The van der Waals surface area contributed by atoms with Crippen molar-refractivity contribution in [1.29, 1.82) is 0 Å². The van der Waals surface area contributed by atoms with Crippen LogP contribution >= 0.6 is 0 Å². The van der Waals surface area contributed by atoms with Crippen molar-refractivity contribution in [2.75, 3.05) is 13.2 Å². The highest BCUT2D eigenvalue weighted by atomic mass is 16.5. The summed E-state index contributed by atoms with van der Waals surface area (Å²) in [5.41, 5.74) is 5.09. The van der Waals surface area contributed by atoms with Crippen LogP contribution in [-0.4, -0.2) is 24.3 Å². The highest BCUT2D eigenvalue weighted by molar-refractivity contribution is 5.74. The molecule has 2 unspecified atom stereocenters. The number of carboxylic acid groups (broad SMARTS) is 1. The van der Waals surface area contributed by atoms with Crippen molar-refractivity contribution >= 4 is 5.97 Å². The van der Waals surface area contributed by atoms with Crippen molar-refractivity contribution in [3.63, 3.8) is 0 Å². The highest BCUT2D eigenvalue weighted by Gasteiger charge is 2.60. The first-order valence-electron chi connectivity index (χ1n) is 6.84. The molecular formula is C16H20O3. The van der Waals surface area contributed by atoms with Crippen LogP contribution < -0.4 is 0 Å². The third kappa shape index (κ3) is 1.79. The lowest BCUT2D eigenvalue weighted by Crippen LogP contribution is -2.50. The first-order chi connectivity index (χ1) is 8.95. The lowest BCUT2D eigenvalue weighted by Gasteiger charge is -2.44. The summed E-state index contributed by atoms with van der Waals surface area (Å²) in [6.07, 6.45) is 0.797. The van der Waals surface area contributed by atoms with Gasteiger partial charge in [-0.05, 0) is 49.8 Å². The molecule has 0 aromatic heterocycles. The summed E-state index contributed by atoms with van der Waals surface area (Å²) in [7, 11) is 0. The second kappa shape index (κ2) is 4.07. The van der Waals surface area contributed by atoms with Gasteiger partial charge in [0.2, 0.25) is 0 Å². The molecule has 2 aliphatic rings. The molecular weight excluding hydrogens is 240 g/mol. The SMILES string of the molecule is Cc1cc(C)c(C2(C3CC3C(=O)O)COC2)c(C)c1. The molecule has 1 aliphatic heterocycles. The smallest absolute Gasteiger partial charge is 0.306 e. The maximum absolute atomic E-state index is 11.2. The van der Waals surface area contributed by atoms with Crippen molar-refractivity contribution in [1.82, 2.24) is 0 Å². The van der Waals surface area contributed by atoms with Gasteiger partial charge in [-0.25, -0.2) is 0 Å². The van der Waals surface area contributed by atoms with Crippen LogP contribution in [-0.2, 0) is 14.9 Å². The quantitative estimate of drug-likeness (QED) is 0.908. The maximum atomic E-state index is 11.2. The second-order valence-corrected chi connectivity index (χ2v) is 6.21. The fourth-order valence-corrected chi connectivity index (χ4v) is 3.91. The van der Waals surface area contributed by atoms with Crippen LogP contribution in [0.25, 0.3) is 0 Å². The maximum Gasteiger partial charge on any atom is 0.306 e. The van der Waals surface area contributed by atoms with E-state index >= 15 is 0 Å². The largest absolute Gasteiger partial charge is 0.481 e. The van der Waals surface area contributed by atoms with Gasteiger partial charge in [0.15, 0.2) is 0 Å². The zero-order chi connectivity index (χ0) is 13.8. The van der Waals surface area contributed by atoms with E-state index in [0.717, 1.165) is 6.42 Å². The van der Waals surface area contributed by atoms with Gasteiger partial charge in [-0.15, -0.1) is 0 Å². The summed E-state index contributed by atoms with van der Waals surface area (Å²) in [5.74, 6) is -0.582. The minimum atomic E-state index is -0.654. The topological polar surface area (TPSA) is 46.5 Å². The Bertz CT molecular complexity index is 520. The number of carboxylic acids is 1. The van der Waals surface area contributed by atoms with Crippen LogP contribution in [0, 0.1) is 32.6 Å². The van der Waals surface area contributed by atoms with E-state index in [1.807, 2.05) is 0 Å². The van der Waals surface area contributed by atoms with E-state index in [0.29, 0.717) is 13.2 Å². The van der Waals surface area contributed by atoms with Gasteiger partial charge in [-0.1, -0.05) is 17.7 Å². The number of aryl methyl sites for hydroxylation is 3. The molecule has 102 valence electrons. The summed E-state index contributed by atoms with van der Waals surface area (Å²) in [6, 6.07) is 4.39. The normalized spacial score (nSPS) is 27.7. The van der Waals surface area contributed by atoms with Crippen molar-refractivity contribution in [2.45, 2.75) is 32.6 Å². The second-order valence-electron chi connectivity index (χ2n) is 6.21. The first-order valence-corrected chi connectivity index (χ1v) is 6.84. The predicted molar refractivity (Wildman–Crippen MR) is 72.4 cm³/mol. The zero-order valence-electron chi connectivity index (χ0n) is 11.7. The van der Waals surface area contributed by atoms with Gasteiger partial charge in [-0.2, -0.15) is 0 Å². The molecule has 1 heterocycles. The third-order valence-electron chi connectivity index (χ3n) is 4.71. The molecule has 2 atom stereocenters. The molecule has 1 N–H and O–H groups in total. The number of rotatable bonds is 3. The average molecular weight is 260 g/mol. The Kier molecular flexibility index (Phi) is 2.72. The van der Waals surface area contributed by atoms with Crippen molar-refractivity contribution in [3.8, 4) is 0 Å². The monoisotopic (exact) mass is 260 g/mol. The summed E-state index contributed by atoms with van der Waals surface area (Å²) >= 11 is 0. The molecule has 3 heteroatoms. The number of hydrogen-bond donors (Lipinski definition) is 1. The molecule has 19 heavy (non-hydrogen) atoms. The van der Waals surface area contributed by atoms with Crippen LogP contribution in [0.5, 0.6) is 0 Å². The van der Waals surface area contributed by atoms with Crippen molar-refractivity contribution < 1.29 is 14.6 Å². The van der Waals surface area contributed by atoms with Gasteiger partial charge in [0, 0.05) is 5.41 Å². The van der Waals surface area contributed by atoms with Gasteiger partial charge in [0.05, 0.1) is 19.1 Å². The summed E-state index contributed by atoms with van der Waals surface area (Å²) in [4.78, 5) is 11.2. The zero-order valence-corrected chi connectivity index (χ0v) is 11.7. The van der Waals surface area contributed by atoms with Gasteiger partial charge >= 0.3 is 5.97 Å². The molecule has 3 nitrogen and oxygen atoms in total. The molecule has 0 spiro atoms. The molecule has 1 saturated heterocycles. The first kappa shape index (κ1) is 12.7. The van der Waals surface area contributed by atoms with E-state index in [1.54, 1.807) is 0 Å². The Morgan fingerprint density at radius 3 is 2.21 bits per heavy atom. The minimum Gasteiger partial charge on any atom is -0.481 e.